The fourth-order valence-electron chi connectivity index (χ4n) is 2.16. The molecule has 1 aromatic carbocycles. The first-order chi connectivity index (χ1) is 10.4. The quantitative estimate of drug-likeness (QED) is 0.593. The van der Waals surface area contributed by atoms with Gasteiger partial charge >= 0.3 is 7.12 Å². The Kier molecular flexibility index (Phi) is 3.90. The highest BCUT2D eigenvalue weighted by Gasteiger charge is 2.52. The zero-order valence-electron chi connectivity index (χ0n) is 13.3. The van der Waals surface area contributed by atoms with Gasteiger partial charge in [0.1, 0.15) is 0 Å². The molecule has 1 fully saturated rings. The Morgan fingerprint density at radius 1 is 0.864 bits per heavy atom. The topological polar surface area (TPSA) is 18.5 Å². The lowest BCUT2D eigenvalue weighted by molar-refractivity contribution is 0.00578. The molecule has 2 heterocycles. The molecule has 0 unspecified atom stereocenters. The Morgan fingerprint density at radius 2 is 1.50 bits per heavy atom. The van der Waals surface area contributed by atoms with Gasteiger partial charge in [-0.05, 0) is 45.9 Å². The van der Waals surface area contributed by atoms with Gasteiger partial charge < -0.3 is 9.31 Å². The maximum Gasteiger partial charge on any atom is 0.505 e. The minimum Gasteiger partial charge on any atom is -0.399 e. The van der Waals surface area contributed by atoms with Crippen LogP contribution in [0.3, 0.4) is 0 Å². The maximum absolute atomic E-state index is 6.07. The SMILES string of the molecule is CC1(C)OB(c2ccc(C#Cc3ccccc3)s2)OC1(C)C. The average Bonchev–Trinajstić information content (AvgIpc) is 3.01. The number of rotatable bonds is 1. The van der Waals surface area contributed by atoms with E-state index in [4.69, 9.17) is 9.31 Å². The average molecular weight is 310 g/mol. The number of thiophene rings is 1. The highest BCUT2D eigenvalue weighted by atomic mass is 32.1. The van der Waals surface area contributed by atoms with Crippen molar-refractivity contribution in [2.75, 3.05) is 0 Å². The molecule has 0 bridgehead atoms. The molecule has 1 aromatic heterocycles. The molecule has 0 radical (unpaired) electrons. The molecule has 22 heavy (non-hydrogen) atoms. The summed E-state index contributed by atoms with van der Waals surface area (Å²) < 4.78 is 13.2. The van der Waals surface area contributed by atoms with Gasteiger partial charge in [-0.3, -0.25) is 0 Å². The van der Waals surface area contributed by atoms with E-state index in [1.165, 1.54) is 0 Å². The van der Waals surface area contributed by atoms with Crippen molar-refractivity contribution >= 4 is 23.2 Å². The summed E-state index contributed by atoms with van der Waals surface area (Å²) in [7, 11) is -0.303. The highest BCUT2D eigenvalue weighted by Crippen LogP contribution is 2.36. The first kappa shape index (κ1) is 15.4. The monoisotopic (exact) mass is 310 g/mol. The van der Waals surface area contributed by atoms with Crippen LogP contribution in [0.1, 0.15) is 38.1 Å². The molecule has 0 spiro atoms. The van der Waals surface area contributed by atoms with Crippen molar-refractivity contribution in [3.05, 3.63) is 52.9 Å². The van der Waals surface area contributed by atoms with E-state index < -0.39 is 0 Å². The van der Waals surface area contributed by atoms with Crippen molar-refractivity contribution in [1.29, 1.82) is 0 Å². The predicted molar refractivity (Wildman–Crippen MR) is 92.5 cm³/mol. The summed E-state index contributed by atoms with van der Waals surface area (Å²) in [5.41, 5.74) is 0.405. The third-order valence-electron chi connectivity index (χ3n) is 4.22. The zero-order valence-corrected chi connectivity index (χ0v) is 14.2. The summed E-state index contributed by atoms with van der Waals surface area (Å²) >= 11 is 1.63. The molecule has 0 atom stereocenters. The molecular weight excluding hydrogens is 291 g/mol. The van der Waals surface area contributed by atoms with Crippen LogP contribution < -0.4 is 4.78 Å². The Morgan fingerprint density at radius 3 is 2.14 bits per heavy atom. The standard InChI is InChI=1S/C18H19BO2S/c1-17(2)18(3,4)21-19(20-17)16-13-12-15(22-16)11-10-14-8-6-5-7-9-14/h5-9,12-13H,1-4H3. The first-order valence-electron chi connectivity index (χ1n) is 7.40. The van der Waals surface area contributed by atoms with E-state index >= 15 is 0 Å². The third-order valence-corrected chi connectivity index (χ3v) is 5.24. The summed E-state index contributed by atoms with van der Waals surface area (Å²) in [5.74, 6) is 6.38. The van der Waals surface area contributed by atoms with Crippen molar-refractivity contribution in [3.8, 4) is 11.8 Å². The summed E-state index contributed by atoms with van der Waals surface area (Å²) in [5, 5.41) is 0. The lowest BCUT2D eigenvalue weighted by Gasteiger charge is -2.32. The minimum atomic E-state index is -0.308. The van der Waals surface area contributed by atoms with Crippen LogP contribution in [-0.4, -0.2) is 18.3 Å². The van der Waals surface area contributed by atoms with Gasteiger partial charge in [-0.15, -0.1) is 11.3 Å². The van der Waals surface area contributed by atoms with Crippen LogP contribution in [0.15, 0.2) is 42.5 Å². The van der Waals surface area contributed by atoms with E-state index in [1.54, 1.807) is 11.3 Å². The third kappa shape index (κ3) is 2.98. The molecule has 0 saturated carbocycles. The molecule has 112 valence electrons. The van der Waals surface area contributed by atoms with E-state index in [0.29, 0.717) is 0 Å². The van der Waals surface area contributed by atoms with E-state index in [-0.39, 0.29) is 18.3 Å². The fraction of sp³-hybridized carbons (Fsp3) is 0.333. The van der Waals surface area contributed by atoms with E-state index in [2.05, 4.69) is 39.5 Å². The molecule has 1 aliphatic heterocycles. The molecule has 0 amide bonds. The molecule has 0 aliphatic carbocycles. The van der Waals surface area contributed by atoms with Gasteiger partial charge in [0.2, 0.25) is 0 Å². The van der Waals surface area contributed by atoms with E-state index in [0.717, 1.165) is 15.2 Å². The Balaban J connectivity index is 1.77. The molecule has 2 nitrogen and oxygen atoms in total. The van der Waals surface area contributed by atoms with Crippen molar-refractivity contribution in [2.45, 2.75) is 38.9 Å². The number of hydrogen-bond acceptors (Lipinski definition) is 3. The number of benzene rings is 1. The van der Waals surface area contributed by atoms with Crippen molar-refractivity contribution in [2.24, 2.45) is 0 Å². The van der Waals surface area contributed by atoms with Gasteiger partial charge in [-0.2, -0.15) is 0 Å². The largest absolute Gasteiger partial charge is 0.505 e. The zero-order chi connectivity index (χ0) is 15.8. The highest BCUT2D eigenvalue weighted by molar-refractivity contribution is 7.22. The van der Waals surface area contributed by atoms with Gasteiger partial charge in [0.25, 0.3) is 0 Å². The van der Waals surface area contributed by atoms with Crippen molar-refractivity contribution in [3.63, 3.8) is 0 Å². The molecular formula is C18H19BO2S. The normalized spacial score (nSPS) is 18.8. The van der Waals surface area contributed by atoms with Gasteiger partial charge in [0.05, 0.1) is 16.1 Å². The molecule has 3 rings (SSSR count). The molecule has 2 aromatic rings. The molecule has 1 saturated heterocycles. The minimum absolute atomic E-state index is 0.303. The maximum atomic E-state index is 6.07. The first-order valence-corrected chi connectivity index (χ1v) is 8.21. The van der Waals surface area contributed by atoms with E-state index in [1.807, 2.05) is 42.5 Å². The lowest BCUT2D eigenvalue weighted by atomic mass is 9.88. The van der Waals surface area contributed by atoms with Gasteiger partial charge in [-0.1, -0.05) is 36.1 Å². The van der Waals surface area contributed by atoms with Gasteiger partial charge in [0, 0.05) is 10.3 Å². The van der Waals surface area contributed by atoms with Crippen LogP contribution in [0.4, 0.5) is 0 Å². The number of hydrogen-bond donors (Lipinski definition) is 0. The Labute approximate surface area is 136 Å². The fourth-order valence-corrected chi connectivity index (χ4v) is 2.98. The van der Waals surface area contributed by atoms with Crippen molar-refractivity contribution < 1.29 is 9.31 Å². The smallest absolute Gasteiger partial charge is 0.399 e. The molecule has 1 aliphatic rings. The van der Waals surface area contributed by atoms with Crippen LogP contribution in [0.25, 0.3) is 0 Å². The van der Waals surface area contributed by atoms with Crippen molar-refractivity contribution in [1.82, 2.24) is 0 Å². The lowest BCUT2D eigenvalue weighted by Crippen LogP contribution is -2.41. The van der Waals surface area contributed by atoms with E-state index in [9.17, 15) is 0 Å². The summed E-state index contributed by atoms with van der Waals surface area (Å²) in [4.78, 5) is 1.02. The van der Waals surface area contributed by atoms with Gasteiger partial charge in [0.15, 0.2) is 0 Å². The van der Waals surface area contributed by atoms with Crippen LogP contribution >= 0.6 is 11.3 Å². The van der Waals surface area contributed by atoms with Crippen LogP contribution in [0.2, 0.25) is 0 Å². The Bertz CT molecular complexity index is 706. The van der Waals surface area contributed by atoms with Gasteiger partial charge in [-0.25, -0.2) is 0 Å². The predicted octanol–water partition coefficient (Wildman–Crippen LogP) is 3.45. The second-order valence-electron chi connectivity index (χ2n) is 6.41. The Hall–Kier alpha value is -1.54. The summed E-state index contributed by atoms with van der Waals surface area (Å²) in [6, 6.07) is 14.1. The van der Waals surface area contributed by atoms with Crippen LogP contribution in [0, 0.1) is 11.8 Å². The molecule has 4 heteroatoms. The summed E-state index contributed by atoms with van der Waals surface area (Å²) in [6.07, 6.45) is 0. The molecule has 0 N–H and O–H groups in total. The second kappa shape index (κ2) is 5.59. The second-order valence-corrected chi connectivity index (χ2v) is 7.52. The van der Waals surface area contributed by atoms with Crippen LogP contribution in [-0.2, 0) is 9.31 Å². The summed E-state index contributed by atoms with van der Waals surface area (Å²) in [6.45, 7) is 8.26. The van der Waals surface area contributed by atoms with Crippen LogP contribution in [0.5, 0.6) is 0 Å².